The van der Waals surface area contributed by atoms with Crippen LogP contribution in [0.5, 0.6) is 0 Å². The van der Waals surface area contributed by atoms with Crippen LogP contribution < -0.4 is 0 Å². The Labute approximate surface area is 301 Å². The van der Waals surface area contributed by atoms with Gasteiger partial charge in [0.25, 0.3) is 0 Å². The summed E-state index contributed by atoms with van der Waals surface area (Å²) in [5.41, 5.74) is -2.62. The molecule has 10 nitrogen and oxygen atoms in total. The molecule has 3 saturated carbocycles. The number of ether oxygens (including phenoxy) is 2. The Kier molecular flexibility index (Phi) is 10.1. The van der Waals surface area contributed by atoms with Crippen molar-refractivity contribution in [1.29, 1.82) is 0 Å². The molecular formula is C38H44Cl2O10. The van der Waals surface area contributed by atoms with Crippen LogP contribution in [0.1, 0.15) is 105 Å². The van der Waals surface area contributed by atoms with Gasteiger partial charge in [-0.1, -0.05) is 45.3 Å². The Balaban J connectivity index is 1.43. The van der Waals surface area contributed by atoms with Gasteiger partial charge in [-0.05, 0) is 80.7 Å². The molecule has 0 radical (unpaired) electrons. The summed E-state index contributed by atoms with van der Waals surface area (Å²) in [4.78, 5) is 53.2. The topological polar surface area (TPSA) is 153 Å². The third-order valence-electron chi connectivity index (χ3n) is 12.3. The van der Waals surface area contributed by atoms with Crippen molar-refractivity contribution >= 4 is 46.7 Å². The highest BCUT2D eigenvalue weighted by Crippen LogP contribution is 2.72. The molecule has 270 valence electrons. The summed E-state index contributed by atoms with van der Waals surface area (Å²) in [5.74, 6) is -4.01. The zero-order valence-electron chi connectivity index (χ0n) is 28.5. The van der Waals surface area contributed by atoms with Crippen molar-refractivity contribution in [2.24, 2.45) is 28.6 Å². The summed E-state index contributed by atoms with van der Waals surface area (Å²) in [6.07, 6.45) is 9.33. The van der Waals surface area contributed by atoms with Gasteiger partial charge in [0.2, 0.25) is 11.5 Å². The van der Waals surface area contributed by atoms with Crippen LogP contribution in [0.4, 0.5) is 0 Å². The molecule has 2 unspecified atom stereocenters. The van der Waals surface area contributed by atoms with Gasteiger partial charge in [-0.2, -0.15) is 0 Å². The average molecular weight is 732 g/mol. The number of aliphatic hydroxyl groups is 2. The molecule has 0 bridgehead atoms. The number of unbranched alkanes of at least 4 members (excludes halogenated alkanes) is 2. The lowest BCUT2D eigenvalue weighted by molar-refractivity contribution is -0.177. The minimum atomic E-state index is -1.71. The number of allylic oxidation sites excluding steroid dienone is 4. The fraction of sp³-hybridized carbons (Fsp3) is 0.579. The minimum absolute atomic E-state index is 0.0201. The maximum absolute atomic E-state index is 14.2. The van der Waals surface area contributed by atoms with E-state index in [1.54, 1.807) is 18.2 Å². The van der Waals surface area contributed by atoms with E-state index in [9.17, 15) is 24.3 Å². The number of halogens is 2. The van der Waals surface area contributed by atoms with Crippen molar-refractivity contribution in [2.45, 2.75) is 94.8 Å². The highest BCUT2D eigenvalue weighted by atomic mass is 35.5. The molecule has 2 aromatic rings. The molecule has 0 amide bonds. The van der Waals surface area contributed by atoms with Gasteiger partial charge in [0.1, 0.15) is 6.10 Å². The van der Waals surface area contributed by atoms with Crippen LogP contribution in [0.2, 0.25) is 0 Å². The van der Waals surface area contributed by atoms with Gasteiger partial charge in [-0.25, -0.2) is 9.59 Å². The number of carbonyl (C=O) groups excluding carboxylic acids is 4. The van der Waals surface area contributed by atoms with Crippen LogP contribution in [0.15, 0.2) is 63.4 Å². The smallest absolute Gasteiger partial charge is 0.375 e. The van der Waals surface area contributed by atoms with Crippen LogP contribution in [-0.2, 0) is 19.1 Å². The Hall–Kier alpha value is -3.18. The second-order valence-electron chi connectivity index (χ2n) is 14.7. The van der Waals surface area contributed by atoms with Gasteiger partial charge in [0, 0.05) is 28.9 Å². The van der Waals surface area contributed by atoms with E-state index >= 15 is 0 Å². The third-order valence-corrected chi connectivity index (χ3v) is 13.5. The van der Waals surface area contributed by atoms with Crippen LogP contribution >= 0.6 is 23.2 Å². The van der Waals surface area contributed by atoms with Crippen molar-refractivity contribution in [2.75, 3.05) is 12.5 Å². The van der Waals surface area contributed by atoms with E-state index in [2.05, 4.69) is 0 Å². The van der Waals surface area contributed by atoms with E-state index in [1.165, 1.54) is 30.7 Å². The monoisotopic (exact) mass is 730 g/mol. The van der Waals surface area contributed by atoms with Gasteiger partial charge in [-0.3, -0.25) is 9.59 Å². The summed E-state index contributed by atoms with van der Waals surface area (Å²) in [7, 11) is 0. The number of alkyl halides is 2. The minimum Gasteiger partial charge on any atom is -0.457 e. The summed E-state index contributed by atoms with van der Waals surface area (Å²) >= 11 is 14.3. The highest BCUT2D eigenvalue weighted by molar-refractivity contribution is 6.29. The van der Waals surface area contributed by atoms with E-state index in [0.29, 0.717) is 44.9 Å². The van der Waals surface area contributed by atoms with Crippen molar-refractivity contribution < 1.29 is 47.7 Å². The normalized spacial score (nSPS) is 35.0. The van der Waals surface area contributed by atoms with Gasteiger partial charge in [-0.15, -0.1) is 23.2 Å². The Morgan fingerprint density at radius 2 is 1.86 bits per heavy atom. The molecule has 0 saturated heterocycles. The number of carbonyl (C=O) groups is 4. The molecule has 3 fully saturated rings. The highest BCUT2D eigenvalue weighted by Gasteiger charge is 2.77. The van der Waals surface area contributed by atoms with Crippen LogP contribution in [0, 0.1) is 28.6 Å². The lowest BCUT2D eigenvalue weighted by atomic mass is 9.45. The number of rotatable bonds is 12. The number of Topliss-reactive ketones (excluding diaryl/α,β-unsaturated/α-hetero) is 1. The lowest BCUT2D eigenvalue weighted by Crippen LogP contribution is -2.70. The zero-order valence-corrected chi connectivity index (χ0v) is 30.0. The van der Waals surface area contributed by atoms with E-state index in [-0.39, 0.29) is 47.7 Å². The van der Waals surface area contributed by atoms with Crippen LogP contribution in [0.25, 0.3) is 0 Å². The number of furan rings is 2. The molecule has 0 aliphatic heterocycles. The summed E-state index contributed by atoms with van der Waals surface area (Å²) in [6.45, 7) is 5.76. The first-order valence-corrected chi connectivity index (χ1v) is 18.3. The predicted molar refractivity (Wildman–Crippen MR) is 183 cm³/mol. The van der Waals surface area contributed by atoms with E-state index < -0.39 is 63.0 Å². The maximum atomic E-state index is 14.2. The lowest BCUT2D eigenvalue weighted by Gasteiger charge is -2.64. The first-order chi connectivity index (χ1) is 23.8. The van der Waals surface area contributed by atoms with E-state index in [0.717, 1.165) is 5.57 Å². The quantitative estimate of drug-likeness (QED) is 0.134. The molecule has 50 heavy (non-hydrogen) atoms. The molecular weight excluding hydrogens is 687 g/mol. The Morgan fingerprint density at radius 3 is 2.56 bits per heavy atom. The molecule has 2 aromatic heterocycles. The second-order valence-corrected chi connectivity index (χ2v) is 15.6. The zero-order chi connectivity index (χ0) is 36.1. The number of hydrogen-bond donors (Lipinski definition) is 2. The SMILES string of the molecule is C[C@@H]1C[C@H]2[C@@H]3CCC4=CC(=O)C=C[C@]4(C)C3(Cl)[C@@H](OC(=O)c3occc3C(O)CCCCCO)C[C@]2(C)[C@@]1(OC(=O)c1ccco1)C(=O)CCl. The van der Waals surface area contributed by atoms with Crippen molar-refractivity contribution in [3.05, 3.63) is 71.6 Å². The standard InChI is InChI=1S/C38H44Cl2O10/c1-22-18-27-26-11-10-23-19-24(42)12-14-35(23,2)37(26,40)31(49-34(46)32-25(13-17-48-32)28(43)8-5-4-6-15-41)20-36(27,3)38(22,30(44)21-39)50-33(45)29-9-7-16-47-29/h7,9,12-14,16-17,19,22,26-28,31,41,43H,4-6,8,10-11,15,18,20-21H2,1-3H3/t22-,26+,27+,28?,31+,35+,36+,37?,38+/m1/s1. The molecule has 6 rings (SSSR count). The van der Waals surface area contributed by atoms with Crippen LogP contribution in [-0.4, -0.2) is 62.8 Å². The Morgan fingerprint density at radius 1 is 1.08 bits per heavy atom. The van der Waals surface area contributed by atoms with E-state index in [4.69, 9.17) is 46.6 Å². The fourth-order valence-electron chi connectivity index (χ4n) is 9.89. The van der Waals surface area contributed by atoms with Gasteiger partial charge in [0.05, 0.1) is 29.4 Å². The number of hydrogen-bond acceptors (Lipinski definition) is 10. The summed E-state index contributed by atoms with van der Waals surface area (Å²) in [6, 6.07) is 4.54. The van der Waals surface area contributed by atoms with Crippen molar-refractivity contribution in [3.8, 4) is 0 Å². The maximum Gasteiger partial charge on any atom is 0.375 e. The molecule has 0 spiro atoms. The molecule has 4 aliphatic carbocycles. The molecule has 4 aliphatic rings. The number of fused-ring (bicyclic) bond motifs is 5. The molecule has 9 atom stereocenters. The fourth-order valence-corrected chi connectivity index (χ4v) is 10.7. The van der Waals surface area contributed by atoms with Gasteiger partial charge >= 0.3 is 11.9 Å². The second kappa shape index (κ2) is 13.7. The Bertz CT molecular complexity index is 1690. The van der Waals surface area contributed by atoms with Crippen LogP contribution in [0.3, 0.4) is 0 Å². The van der Waals surface area contributed by atoms with E-state index in [1.807, 2.05) is 20.8 Å². The first kappa shape index (κ1) is 36.6. The van der Waals surface area contributed by atoms with Gasteiger partial charge in [0.15, 0.2) is 17.2 Å². The predicted octanol–water partition coefficient (Wildman–Crippen LogP) is 6.91. The number of esters is 2. The van der Waals surface area contributed by atoms with Gasteiger partial charge < -0.3 is 28.5 Å². The molecule has 0 aromatic carbocycles. The third kappa shape index (κ3) is 5.52. The number of aliphatic hydroxyl groups excluding tert-OH is 2. The summed E-state index contributed by atoms with van der Waals surface area (Å²) in [5, 5.41) is 20.1. The molecule has 2 N–H and O–H groups in total. The first-order valence-electron chi connectivity index (χ1n) is 17.3. The van der Waals surface area contributed by atoms with Crippen molar-refractivity contribution in [3.63, 3.8) is 0 Å². The summed E-state index contributed by atoms with van der Waals surface area (Å²) < 4.78 is 23.7. The van der Waals surface area contributed by atoms with Crippen molar-refractivity contribution in [1.82, 2.24) is 0 Å². The largest absolute Gasteiger partial charge is 0.457 e. The molecule has 2 heterocycles. The average Bonchev–Trinajstić information content (AvgIpc) is 3.85. The number of ketones is 2. The molecule has 12 heteroatoms.